The number of carbonyl (C=O) groups excluding carboxylic acids is 1. The first-order valence-electron chi connectivity index (χ1n) is 4.74. The number of benzene rings is 1. The minimum absolute atomic E-state index is 0.339. The second kappa shape index (κ2) is 5.05. The monoisotopic (exact) mass is 258 g/mol. The highest BCUT2D eigenvalue weighted by Gasteiger charge is 2.19. The number of methoxy groups -OCH3 is 1. The number of hydrogen-bond acceptors (Lipinski definition) is 4. The zero-order valence-electron chi connectivity index (χ0n) is 9.58. The van der Waals surface area contributed by atoms with Gasteiger partial charge in [0.1, 0.15) is 12.3 Å². The summed E-state index contributed by atoms with van der Waals surface area (Å²) in [5.74, 6) is -0.223. The average molecular weight is 258 g/mol. The molecule has 0 aliphatic carbocycles. The molecule has 94 valence electrons. The van der Waals surface area contributed by atoms with E-state index in [0.29, 0.717) is 11.4 Å². The number of carbonyl (C=O) groups is 1. The van der Waals surface area contributed by atoms with Crippen molar-refractivity contribution in [2.45, 2.75) is 0 Å². The molecule has 0 aromatic heterocycles. The van der Waals surface area contributed by atoms with E-state index in [4.69, 9.17) is 10.5 Å². The quantitative estimate of drug-likeness (QED) is 0.801. The molecule has 0 heterocycles. The number of amides is 1. The van der Waals surface area contributed by atoms with Crippen molar-refractivity contribution in [1.29, 1.82) is 0 Å². The first-order valence-corrected chi connectivity index (χ1v) is 6.59. The molecule has 2 N–H and O–H groups in total. The van der Waals surface area contributed by atoms with Crippen molar-refractivity contribution in [1.82, 2.24) is 0 Å². The largest absolute Gasteiger partial charge is 0.497 e. The van der Waals surface area contributed by atoms with E-state index in [1.807, 2.05) is 0 Å². The van der Waals surface area contributed by atoms with Crippen LogP contribution in [0.5, 0.6) is 5.75 Å². The molecule has 0 saturated carbocycles. The molecule has 0 atom stereocenters. The molecular formula is C10H14N2O4S. The van der Waals surface area contributed by atoms with Gasteiger partial charge in [0, 0.05) is 6.07 Å². The fourth-order valence-electron chi connectivity index (χ4n) is 1.31. The molecule has 6 nitrogen and oxygen atoms in total. The zero-order valence-corrected chi connectivity index (χ0v) is 10.4. The highest BCUT2D eigenvalue weighted by atomic mass is 32.2. The van der Waals surface area contributed by atoms with E-state index in [2.05, 4.69) is 0 Å². The Morgan fingerprint density at radius 3 is 2.59 bits per heavy atom. The van der Waals surface area contributed by atoms with Crippen LogP contribution in [0.25, 0.3) is 0 Å². The van der Waals surface area contributed by atoms with Crippen LogP contribution in [-0.2, 0) is 14.8 Å². The first-order chi connectivity index (χ1) is 7.84. The molecule has 0 saturated heterocycles. The molecule has 0 unspecified atom stereocenters. The summed E-state index contributed by atoms with van der Waals surface area (Å²) in [4.78, 5) is 10.9. The van der Waals surface area contributed by atoms with E-state index in [1.54, 1.807) is 18.2 Å². The SMILES string of the molecule is COc1cccc(N(CC(N)=O)S(C)(=O)=O)c1. The maximum Gasteiger partial charge on any atom is 0.238 e. The molecule has 0 fully saturated rings. The third-order valence-corrected chi connectivity index (χ3v) is 3.18. The van der Waals surface area contributed by atoms with E-state index >= 15 is 0 Å². The van der Waals surface area contributed by atoms with E-state index < -0.39 is 22.5 Å². The summed E-state index contributed by atoms with van der Waals surface area (Å²) < 4.78 is 29.0. The van der Waals surface area contributed by atoms with Gasteiger partial charge in [-0.2, -0.15) is 0 Å². The molecule has 1 amide bonds. The minimum Gasteiger partial charge on any atom is -0.497 e. The second-order valence-corrected chi connectivity index (χ2v) is 5.34. The normalized spacial score (nSPS) is 10.9. The molecular weight excluding hydrogens is 244 g/mol. The van der Waals surface area contributed by atoms with Crippen molar-refractivity contribution in [3.63, 3.8) is 0 Å². The van der Waals surface area contributed by atoms with Crippen LogP contribution >= 0.6 is 0 Å². The number of nitrogens with two attached hydrogens (primary N) is 1. The van der Waals surface area contributed by atoms with Gasteiger partial charge in [-0.1, -0.05) is 6.07 Å². The lowest BCUT2D eigenvalue weighted by molar-refractivity contribution is -0.116. The van der Waals surface area contributed by atoms with Crippen molar-refractivity contribution in [2.24, 2.45) is 5.73 Å². The zero-order chi connectivity index (χ0) is 13.1. The summed E-state index contributed by atoms with van der Waals surface area (Å²) in [6, 6.07) is 6.39. The van der Waals surface area contributed by atoms with Gasteiger partial charge in [0.2, 0.25) is 15.9 Å². The second-order valence-electron chi connectivity index (χ2n) is 3.44. The topological polar surface area (TPSA) is 89.7 Å². The van der Waals surface area contributed by atoms with Gasteiger partial charge >= 0.3 is 0 Å². The molecule has 1 aromatic carbocycles. The van der Waals surface area contributed by atoms with Gasteiger partial charge in [-0.25, -0.2) is 8.42 Å². The minimum atomic E-state index is -3.56. The van der Waals surface area contributed by atoms with E-state index in [-0.39, 0.29) is 0 Å². The lowest BCUT2D eigenvalue weighted by Crippen LogP contribution is -2.37. The highest BCUT2D eigenvalue weighted by Crippen LogP contribution is 2.22. The first kappa shape index (κ1) is 13.3. The van der Waals surface area contributed by atoms with Crippen LogP contribution in [0.3, 0.4) is 0 Å². The van der Waals surface area contributed by atoms with Crippen LogP contribution in [0.1, 0.15) is 0 Å². The third-order valence-electron chi connectivity index (χ3n) is 2.04. The van der Waals surface area contributed by atoms with Crippen molar-refractivity contribution in [3.8, 4) is 5.75 Å². The van der Waals surface area contributed by atoms with Gasteiger partial charge < -0.3 is 10.5 Å². The standard InChI is InChI=1S/C10H14N2O4S/c1-16-9-5-3-4-8(6-9)12(7-10(11)13)17(2,14)15/h3-6H,7H2,1-2H3,(H2,11,13). The lowest BCUT2D eigenvalue weighted by atomic mass is 10.3. The van der Waals surface area contributed by atoms with Crippen LogP contribution in [0.4, 0.5) is 5.69 Å². The number of ether oxygens (including phenoxy) is 1. The summed E-state index contributed by atoms with van der Waals surface area (Å²) in [6.07, 6.45) is 1.01. The molecule has 0 aliphatic rings. The number of nitrogens with zero attached hydrogens (tertiary/aromatic N) is 1. The number of anilines is 1. The predicted octanol–water partition coefficient (Wildman–Crippen LogP) is -0.0535. The van der Waals surface area contributed by atoms with E-state index in [1.165, 1.54) is 13.2 Å². The van der Waals surface area contributed by atoms with Crippen molar-refractivity contribution < 1.29 is 17.9 Å². The fourth-order valence-corrected chi connectivity index (χ4v) is 2.17. The Balaban J connectivity index is 3.17. The maximum atomic E-state index is 11.5. The molecule has 1 rings (SSSR count). The van der Waals surface area contributed by atoms with Crippen molar-refractivity contribution >= 4 is 21.6 Å². The lowest BCUT2D eigenvalue weighted by Gasteiger charge is -2.21. The van der Waals surface area contributed by atoms with Crippen molar-refractivity contribution in [2.75, 3.05) is 24.2 Å². The van der Waals surface area contributed by atoms with Crippen molar-refractivity contribution in [3.05, 3.63) is 24.3 Å². The Labute approximate surface area is 100 Å². The summed E-state index contributed by atoms with van der Waals surface area (Å²) in [6.45, 7) is -0.397. The van der Waals surface area contributed by atoms with E-state index in [9.17, 15) is 13.2 Å². The third kappa shape index (κ3) is 3.63. The molecule has 7 heteroatoms. The number of primary amides is 1. The molecule has 1 aromatic rings. The van der Waals surface area contributed by atoms with Crippen LogP contribution in [0.2, 0.25) is 0 Å². The average Bonchev–Trinajstić information content (AvgIpc) is 2.24. The molecule has 17 heavy (non-hydrogen) atoms. The Bertz CT molecular complexity index is 513. The fraction of sp³-hybridized carbons (Fsp3) is 0.300. The van der Waals surface area contributed by atoms with Gasteiger partial charge in [0.15, 0.2) is 0 Å². The molecule has 0 bridgehead atoms. The molecule has 0 aliphatic heterocycles. The van der Waals surface area contributed by atoms with Crippen LogP contribution in [0.15, 0.2) is 24.3 Å². The smallest absolute Gasteiger partial charge is 0.238 e. The number of sulfonamides is 1. The Kier molecular flexibility index (Phi) is 3.95. The van der Waals surface area contributed by atoms with Gasteiger partial charge in [-0.15, -0.1) is 0 Å². The van der Waals surface area contributed by atoms with Gasteiger partial charge in [0.25, 0.3) is 0 Å². The van der Waals surface area contributed by atoms with Gasteiger partial charge in [-0.05, 0) is 12.1 Å². The Morgan fingerprint density at radius 2 is 2.12 bits per heavy atom. The van der Waals surface area contributed by atoms with E-state index in [0.717, 1.165) is 10.6 Å². The summed E-state index contributed by atoms with van der Waals surface area (Å²) in [7, 11) is -2.09. The molecule has 0 radical (unpaired) electrons. The van der Waals surface area contributed by atoms with Gasteiger partial charge in [-0.3, -0.25) is 9.10 Å². The Hall–Kier alpha value is -1.76. The summed E-state index contributed by atoms with van der Waals surface area (Å²) in [5.41, 5.74) is 5.36. The summed E-state index contributed by atoms with van der Waals surface area (Å²) in [5, 5.41) is 0. The van der Waals surface area contributed by atoms with Crippen LogP contribution in [-0.4, -0.2) is 34.2 Å². The van der Waals surface area contributed by atoms with Crippen LogP contribution < -0.4 is 14.8 Å². The maximum absolute atomic E-state index is 11.5. The number of hydrogen-bond donors (Lipinski definition) is 1. The van der Waals surface area contributed by atoms with Gasteiger partial charge in [0.05, 0.1) is 19.1 Å². The Morgan fingerprint density at radius 1 is 1.47 bits per heavy atom. The highest BCUT2D eigenvalue weighted by molar-refractivity contribution is 7.92. The van der Waals surface area contributed by atoms with Crippen LogP contribution in [0, 0.1) is 0 Å². The predicted molar refractivity (Wildman–Crippen MR) is 64.4 cm³/mol. The molecule has 0 spiro atoms. The summed E-state index contributed by atoms with van der Waals surface area (Å²) >= 11 is 0. The number of rotatable bonds is 5.